The molecule has 94 valence electrons. The lowest BCUT2D eigenvalue weighted by atomic mass is 10.0. The van der Waals surface area contributed by atoms with Gasteiger partial charge in [0.25, 0.3) is 5.56 Å². The number of fused-ring (bicyclic) bond motifs is 1. The maximum Gasteiger partial charge on any atom is 0.257 e. The molecule has 0 aliphatic carbocycles. The number of hydrogen-bond donors (Lipinski definition) is 0. The summed E-state index contributed by atoms with van der Waals surface area (Å²) in [6.07, 6.45) is 2.64. The van der Waals surface area contributed by atoms with E-state index in [4.69, 9.17) is 0 Å². The summed E-state index contributed by atoms with van der Waals surface area (Å²) < 4.78 is 1.47. The van der Waals surface area contributed by atoms with E-state index in [-0.39, 0.29) is 14.8 Å². The fraction of sp³-hybridized carbons (Fsp3) is 0.667. The Labute approximate surface area is 118 Å². The molecule has 1 aliphatic heterocycles. The minimum atomic E-state index is -0.358. The van der Waals surface area contributed by atoms with Crippen LogP contribution in [-0.4, -0.2) is 9.55 Å². The molecule has 0 amide bonds. The summed E-state index contributed by atoms with van der Waals surface area (Å²) in [5.74, 6) is 0.802. The van der Waals surface area contributed by atoms with Crippen molar-refractivity contribution in [2.24, 2.45) is 0 Å². The lowest BCUT2D eigenvalue weighted by Gasteiger charge is -2.33. The van der Waals surface area contributed by atoms with Crippen LogP contribution in [0.1, 0.15) is 49.8 Å². The second-order valence-electron chi connectivity index (χ2n) is 4.62. The molecule has 0 bridgehead atoms. The first-order chi connectivity index (χ1) is 7.88. The van der Waals surface area contributed by atoms with Gasteiger partial charge in [-0.3, -0.25) is 9.36 Å². The molecule has 0 radical (unpaired) electrons. The van der Waals surface area contributed by atoms with Crippen LogP contribution in [0.5, 0.6) is 0 Å². The molecule has 1 aromatic heterocycles. The van der Waals surface area contributed by atoms with E-state index in [9.17, 15) is 4.79 Å². The van der Waals surface area contributed by atoms with Gasteiger partial charge in [0.05, 0.1) is 0 Å². The molecule has 0 saturated heterocycles. The third kappa shape index (κ3) is 2.12. The Balaban J connectivity index is 2.77. The number of alkyl halides is 2. The summed E-state index contributed by atoms with van der Waals surface area (Å²) in [4.78, 5) is 17.1. The highest BCUT2D eigenvalue weighted by molar-refractivity contribution is 9.24. The van der Waals surface area contributed by atoms with Crippen LogP contribution in [0, 0.1) is 6.92 Å². The minimum absolute atomic E-state index is 0.116. The molecule has 0 saturated carbocycles. The van der Waals surface area contributed by atoms with Gasteiger partial charge in [-0.2, -0.15) is 0 Å². The Kier molecular flexibility index (Phi) is 3.51. The molecule has 0 spiro atoms. The minimum Gasteiger partial charge on any atom is -0.292 e. The third-order valence-electron chi connectivity index (χ3n) is 3.41. The fourth-order valence-corrected chi connectivity index (χ4v) is 3.40. The highest BCUT2D eigenvalue weighted by atomic mass is 79.9. The van der Waals surface area contributed by atoms with E-state index in [0.717, 1.165) is 36.3 Å². The van der Waals surface area contributed by atoms with Gasteiger partial charge < -0.3 is 0 Å². The van der Waals surface area contributed by atoms with Crippen molar-refractivity contribution in [3.63, 3.8) is 0 Å². The van der Waals surface area contributed by atoms with E-state index in [1.165, 1.54) is 0 Å². The molecule has 1 aliphatic rings. The average Bonchev–Trinajstić information content (AvgIpc) is 2.24. The largest absolute Gasteiger partial charge is 0.292 e. The van der Waals surface area contributed by atoms with Gasteiger partial charge in [-0.15, -0.1) is 0 Å². The van der Waals surface area contributed by atoms with Crippen LogP contribution in [0.25, 0.3) is 0 Å². The van der Waals surface area contributed by atoms with E-state index >= 15 is 0 Å². The van der Waals surface area contributed by atoms with Crippen molar-refractivity contribution in [1.82, 2.24) is 9.55 Å². The molecule has 1 atom stereocenters. The van der Waals surface area contributed by atoms with Gasteiger partial charge >= 0.3 is 0 Å². The summed E-state index contributed by atoms with van der Waals surface area (Å²) in [7, 11) is 0. The number of hydrogen-bond acceptors (Lipinski definition) is 2. The van der Waals surface area contributed by atoms with E-state index in [2.05, 4.69) is 43.8 Å². The number of nitrogens with zero attached hydrogens (tertiary/aromatic N) is 2. The Morgan fingerprint density at radius 2 is 2.18 bits per heavy atom. The Morgan fingerprint density at radius 3 is 2.76 bits per heavy atom. The lowest BCUT2D eigenvalue weighted by Crippen LogP contribution is -2.38. The van der Waals surface area contributed by atoms with Crippen molar-refractivity contribution in [3.8, 4) is 0 Å². The zero-order valence-electron chi connectivity index (χ0n) is 10.3. The molecule has 3 nitrogen and oxygen atoms in total. The van der Waals surface area contributed by atoms with Crippen molar-refractivity contribution in [2.75, 3.05) is 0 Å². The number of aromatic nitrogens is 2. The summed E-state index contributed by atoms with van der Waals surface area (Å²) in [6, 6.07) is 0.221. The fourth-order valence-electron chi connectivity index (χ4n) is 2.38. The number of aryl methyl sites for hydroxylation is 1. The smallest absolute Gasteiger partial charge is 0.257 e. The molecule has 17 heavy (non-hydrogen) atoms. The van der Waals surface area contributed by atoms with Gasteiger partial charge in [0.15, 0.2) is 0 Å². The van der Waals surface area contributed by atoms with E-state index in [0.29, 0.717) is 0 Å². The van der Waals surface area contributed by atoms with Crippen molar-refractivity contribution < 1.29 is 0 Å². The molecular formula is C12H16Br2N2O. The highest BCUT2D eigenvalue weighted by Crippen LogP contribution is 2.46. The van der Waals surface area contributed by atoms with Crippen LogP contribution in [0.3, 0.4) is 0 Å². The molecular weight excluding hydrogens is 348 g/mol. The Hall–Kier alpha value is -0.160. The van der Waals surface area contributed by atoms with E-state index in [1.807, 2.05) is 18.4 Å². The van der Waals surface area contributed by atoms with Crippen LogP contribution in [0.4, 0.5) is 0 Å². The zero-order chi connectivity index (χ0) is 12.8. The molecule has 0 N–H and O–H groups in total. The quantitative estimate of drug-likeness (QED) is 0.716. The molecule has 1 aromatic rings. The van der Waals surface area contributed by atoms with E-state index in [1.54, 1.807) is 0 Å². The summed E-state index contributed by atoms with van der Waals surface area (Å²) >= 11 is 7.26. The van der Waals surface area contributed by atoms with Gasteiger partial charge in [-0.25, -0.2) is 4.98 Å². The highest BCUT2D eigenvalue weighted by Gasteiger charge is 2.37. The third-order valence-corrected chi connectivity index (χ3v) is 4.92. The van der Waals surface area contributed by atoms with Crippen LogP contribution >= 0.6 is 31.9 Å². The standard InChI is InChI=1S/C12H16Br2N2O/c1-4-9-8(3)15-11-12(13,14)6-5-7(2)16(11)10(9)17/h7H,4-6H2,1-3H3. The number of rotatable bonds is 1. The maximum absolute atomic E-state index is 12.4. The van der Waals surface area contributed by atoms with Gasteiger partial charge in [-0.1, -0.05) is 38.8 Å². The first-order valence-corrected chi connectivity index (χ1v) is 7.47. The maximum atomic E-state index is 12.4. The molecule has 0 aromatic carbocycles. The lowest BCUT2D eigenvalue weighted by molar-refractivity contribution is 0.389. The van der Waals surface area contributed by atoms with Crippen LogP contribution in [-0.2, 0) is 9.65 Å². The average molecular weight is 364 g/mol. The second-order valence-corrected chi connectivity index (χ2v) is 8.39. The van der Waals surface area contributed by atoms with Gasteiger partial charge in [-0.05, 0) is 33.1 Å². The van der Waals surface area contributed by atoms with Gasteiger partial charge in [0, 0.05) is 17.3 Å². The predicted octanol–water partition coefficient (Wildman–Crippen LogP) is 3.41. The van der Waals surface area contributed by atoms with Crippen LogP contribution < -0.4 is 5.56 Å². The summed E-state index contributed by atoms with van der Waals surface area (Å²) in [5, 5.41) is 0. The van der Waals surface area contributed by atoms with Gasteiger partial charge in [0.1, 0.15) is 9.06 Å². The first kappa shape index (κ1) is 13.3. The second kappa shape index (κ2) is 4.50. The van der Waals surface area contributed by atoms with Crippen LogP contribution in [0.15, 0.2) is 4.79 Å². The zero-order valence-corrected chi connectivity index (χ0v) is 13.4. The molecule has 2 heterocycles. The first-order valence-electron chi connectivity index (χ1n) is 5.88. The normalized spacial score (nSPS) is 22.3. The van der Waals surface area contributed by atoms with Crippen molar-refractivity contribution in [1.29, 1.82) is 0 Å². The molecule has 2 rings (SSSR count). The van der Waals surface area contributed by atoms with Crippen molar-refractivity contribution >= 4 is 31.9 Å². The number of halogens is 2. The van der Waals surface area contributed by atoms with Crippen LogP contribution in [0.2, 0.25) is 0 Å². The van der Waals surface area contributed by atoms with E-state index < -0.39 is 0 Å². The van der Waals surface area contributed by atoms with Crippen molar-refractivity contribution in [3.05, 3.63) is 27.4 Å². The van der Waals surface area contributed by atoms with Crippen molar-refractivity contribution in [2.45, 2.75) is 49.3 Å². The Bertz CT molecular complexity index is 508. The Morgan fingerprint density at radius 1 is 1.53 bits per heavy atom. The molecule has 1 unspecified atom stereocenters. The molecule has 5 heteroatoms. The monoisotopic (exact) mass is 362 g/mol. The molecule has 0 fully saturated rings. The SMILES string of the molecule is CCc1c(C)nc2n(c1=O)C(C)CCC2(Br)Br. The predicted molar refractivity (Wildman–Crippen MR) is 76.1 cm³/mol. The summed E-state index contributed by atoms with van der Waals surface area (Å²) in [6.45, 7) is 5.99. The van der Waals surface area contributed by atoms with Gasteiger partial charge in [0.2, 0.25) is 0 Å². The summed E-state index contributed by atoms with van der Waals surface area (Å²) in [5.41, 5.74) is 1.80. The topological polar surface area (TPSA) is 34.9 Å².